The summed E-state index contributed by atoms with van der Waals surface area (Å²) in [6.45, 7) is 1.81. The van der Waals surface area contributed by atoms with E-state index in [-0.39, 0.29) is 39.8 Å². The van der Waals surface area contributed by atoms with Crippen LogP contribution in [-0.4, -0.2) is 36.5 Å². The molecule has 0 aliphatic carbocycles. The van der Waals surface area contributed by atoms with E-state index in [2.05, 4.69) is 5.32 Å². The zero-order chi connectivity index (χ0) is 24.3. The molecule has 10 nitrogen and oxygen atoms in total. The summed E-state index contributed by atoms with van der Waals surface area (Å²) < 4.78 is 5.49. The van der Waals surface area contributed by atoms with Gasteiger partial charge in [0.25, 0.3) is 11.6 Å². The Morgan fingerprint density at radius 3 is 2.55 bits per heavy atom. The lowest BCUT2D eigenvalue weighted by Gasteiger charge is -2.22. The van der Waals surface area contributed by atoms with Crippen molar-refractivity contribution < 1.29 is 24.4 Å². The molecule has 0 spiro atoms. The Morgan fingerprint density at radius 1 is 1.21 bits per heavy atom. The van der Waals surface area contributed by atoms with Gasteiger partial charge in [0, 0.05) is 24.2 Å². The summed E-state index contributed by atoms with van der Waals surface area (Å²) >= 11 is 0. The number of ether oxygens (including phenoxy) is 1. The summed E-state index contributed by atoms with van der Waals surface area (Å²) in [5.74, 6) is -0.513. The molecule has 0 saturated carbocycles. The zero-order valence-corrected chi connectivity index (χ0v) is 18.2. The molecule has 0 aliphatic rings. The van der Waals surface area contributed by atoms with Crippen molar-refractivity contribution in [2.75, 3.05) is 30.1 Å². The van der Waals surface area contributed by atoms with Crippen molar-refractivity contribution in [3.05, 3.63) is 69.8 Å². The molecular weight excluding hydrogens is 428 g/mol. The number of nitrogens with one attached hydrogen (secondary N) is 1. The number of carbonyl (C=O) groups is 2. The lowest BCUT2D eigenvalue weighted by Crippen LogP contribution is -2.27. The number of anilines is 3. The van der Waals surface area contributed by atoms with Gasteiger partial charge < -0.3 is 25.8 Å². The number of nitro benzene ring substituents is 1. The van der Waals surface area contributed by atoms with Crippen LogP contribution in [0.25, 0.3) is 11.1 Å². The molecule has 170 valence electrons. The highest BCUT2D eigenvalue weighted by atomic mass is 16.6. The number of rotatable bonds is 7. The molecule has 10 heteroatoms. The SMILES string of the molecule is COc1c(-c2cccc([N+](=O)[O-])c2N)ccc(C(=O)N(C)c2ccc(C)cc2O)c1NC=O. The molecule has 0 saturated heterocycles. The summed E-state index contributed by atoms with van der Waals surface area (Å²) in [5, 5.41) is 24.0. The molecule has 0 fully saturated rings. The first-order valence-electron chi connectivity index (χ1n) is 9.73. The topological polar surface area (TPSA) is 148 Å². The number of nitrogen functional groups attached to an aromatic ring is 1. The van der Waals surface area contributed by atoms with E-state index in [1.807, 2.05) is 0 Å². The minimum atomic E-state index is -0.600. The van der Waals surface area contributed by atoms with Crippen LogP contribution < -0.4 is 20.7 Å². The summed E-state index contributed by atoms with van der Waals surface area (Å²) in [7, 11) is 2.82. The molecule has 0 heterocycles. The molecule has 0 radical (unpaired) electrons. The van der Waals surface area contributed by atoms with E-state index in [9.17, 15) is 24.8 Å². The van der Waals surface area contributed by atoms with Gasteiger partial charge in [-0.25, -0.2) is 0 Å². The molecule has 2 amide bonds. The number of methoxy groups -OCH3 is 1. The Kier molecular flexibility index (Phi) is 6.48. The molecular formula is C23H22N4O6. The number of para-hydroxylation sites is 1. The predicted octanol–water partition coefficient (Wildman–Crippen LogP) is 3.71. The molecule has 3 aromatic carbocycles. The van der Waals surface area contributed by atoms with E-state index in [0.29, 0.717) is 17.5 Å². The minimum absolute atomic E-state index is 0.0550. The number of hydrogen-bond donors (Lipinski definition) is 3. The maximum absolute atomic E-state index is 13.3. The van der Waals surface area contributed by atoms with E-state index in [1.165, 1.54) is 49.4 Å². The van der Waals surface area contributed by atoms with Crippen molar-refractivity contribution in [2.45, 2.75) is 6.92 Å². The van der Waals surface area contributed by atoms with Gasteiger partial charge in [-0.1, -0.05) is 18.2 Å². The summed E-state index contributed by atoms with van der Waals surface area (Å²) in [6, 6.07) is 12.2. The molecule has 0 aliphatic heterocycles. The number of phenolic OH excluding ortho intramolecular Hbond substituents is 1. The highest BCUT2D eigenvalue weighted by Crippen LogP contribution is 2.43. The normalized spacial score (nSPS) is 10.4. The smallest absolute Gasteiger partial charge is 0.292 e. The number of aryl methyl sites for hydroxylation is 1. The first-order chi connectivity index (χ1) is 15.7. The number of nitrogens with zero attached hydrogens (tertiary/aromatic N) is 2. The Hall–Kier alpha value is -4.60. The number of phenols is 1. The summed E-state index contributed by atoms with van der Waals surface area (Å²) in [4.78, 5) is 36.6. The Bertz CT molecular complexity index is 1260. The fraction of sp³-hybridized carbons (Fsp3) is 0.130. The summed E-state index contributed by atoms with van der Waals surface area (Å²) in [6.07, 6.45) is 0.387. The molecule has 0 aromatic heterocycles. The van der Waals surface area contributed by atoms with Gasteiger partial charge in [-0.2, -0.15) is 0 Å². The van der Waals surface area contributed by atoms with Crippen LogP contribution in [0.15, 0.2) is 48.5 Å². The number of hydrogen-bond acceptors (Lipinski definition) is 7. The Labute approximate surface area is 189 Å². The van der Waals surface area contributed by atoms with Crippen LogP contribution in [0.4, 0.5) is 22.7 Å². The first-order valence-corrected chi connectivity index (χ1v) is 9.73. The average molecular weight is 450 g/mol. The Balaban J connectivity index is 2.17. The van der Waals surface area contributed by atoms with E-state index < -0.39 is 10.8 Å². The monoisotopic (exact) mass is 450 g/mol. The quantitative estimate of drug-likeness (QED) is 0.215. The lowest BCUT2D eigenvalue weighted by molar-refractivity contribution is -0.383. The number of amides is 2. The van der Waals surface area contributed by atoms with Crippen molar-refractivity contribution in [2.24, 2.45) is 0 Å². The highest BCUT2D eigenvalue weighted by Gasteiger charge is 2.26. The van der Waals surface area contributed by atoms with Gasteiger partial charge in [0.15, 0.2) is 5.75 Å². The van der Waals surface area contributed by atoms with Gasteiger partial charge in [0.2, 0.25) is 6.41 Å². The summed E-state index contributed by atoms with van der Waals surface area (Å²) in [5.41, 5.74) is 7.53. The number of benzene rings is 3. The second-order valence-electron chi connectivity index (χ2n) is 7.18. The van der Waals surface area contributed by atoms with Crippen LogP contribution in [0.3, 0.4) is 0 Å². The van der Waals surface area contributed by atoms with Gasteiger partial charge >= 0.3 is 0 Å². The van der Waals surface area contributed by atoms with Crippen molar-refractivity contribution in [3.63, 3.8) is 0 Å². The Morgan fingerprint density at radius 2 is 1.94 bits per heavy atom. The van der Waals surface area contributed by atoms with E-state index in [4.69, 9.17) is 10.5 Å². The molecule has 0 unspecified atom stereocenters. The average Bonchev–Trinajstić information content (AvgIpc) is 2.78. The third-order valence-electron chi connectivity index (χ3n) is 5.16. The van der Waals surface area contributed by atoms with E-state index in [1.54, 1.807) is 25.1 Å². The van der Waals surface area contributed by atoms with Crippen LogP contribution >= 0.6 is 0 Å². The highest BCUT2D eigenvalue weighted by molar-refractivity contribution is 6.12. The fourth-order valence-electron chi connectivity index (χ4n) is 3.54. The largest absolute Gasteiger partial charge is 0.506 e. The fourth-order valence-corrected chi connectivity index (χ4v) is 3.54. The molecule has 3 rings (SSSR count). The van der Waals surface area contributed by atoms with Crippen LogP contribution in [-0.2, 0) is 4.79 Å². The molecule has 4 N–H and O–H groups in total. The van der Waals surface area contributed by atoms with Gasteiger partial charge in [-0.05, 0) is 36.8 Å². The number of aromatic hydroxyl groups is 1. The van der Waals surface area contributed by atoms with Crippen LogP contribution in [0.1, 0.15) is 15.9 Å². The van der Waals surface area contributed by atoms with E-state index in [0.717, 1.165) is 5.56 Å². The minimum Gasteiger partial charge on any atom is -0.506 e. The van der Waals surface area contributed by atoms with Crippen molar-refractivity contribution in [3.8, 4) is 22.6 Å². The zero-order valence-electron chi connectivity index (χ0n) is 18.2. The maximum Gasteiger partial charge on any atom is 0.292 e. The second kappa shape index (κ2) is 9.27. The van der Waals surface area contributed by atoms with Crippen LogP contribution in [0.5, 0.6) is 11.5 Å². The predicted molar refractivity (Wildman–Crippen MR) is 125 cm³/mol. The molecule has 0 atom stereocenters. The first kappa shape index (κ1) is 23.1. The van der Waals surface area contributed by atoms with Crippen LogP contribution in [0, 0.1) is 17.0 Å². The van der Waals surface area contributed by atoms with E-state index >= 15 is 0 Å². The number of carbonyl (C=O) groups excluding carboxylic acids is 2. The third-order valence-corrected chi connectivity index (χ3v) is 5.16. The van der Waals surface area contributed by atoms with Crippen molar-refractivity contribution in [1.29, 1.82) is 0 Å². The lowest BCUT2D eigenvalue weighted by atomic mass is 9.97. The standard InChI is InChI=1S/C23H22N4O6/c1-13-7-10-17(19(29)11-13)26(2)23(30)16-9-8-15(22(33-3)21(16)25-12-28)14-5-4-6-18(20(14)24)27(31)32/h4-12,29H,24H2,1-3H3,(H,25,28). The molecule has 3 aromatic rings. The number of nitrogens with two attached hydrogens (primary N) is 1. The maximum atomic E-state index is 13.3. The number of nitro groups is 1. The van der Waals surface area contributed by atoms with Gasteiger partial charge in [0.1, 0.15) is 11.4 Å². The molecule has 33 heavy (non-hydrogen) atoms. The van der Waals surface area contributed by atoms with Crippen molar-refractivity contribution in [1.82, 2.24) is 0 Å². The van der Waals surface area contributed by atoms with Gasteiger partial charge in [-0.15, -0.1) is 0 Å². The third kappa shape index (κ3) is 4.26. The van der Waals surface area contributed by atoms with Crippen molar-refractivity contribution >= 4 is 35.1 Å². The van der Waals surface area contributed by atoms with Gasteiger partial charge in [-0.3, -0.25) is 19.7 Å². The van der Waals surface area contributed by atoms with Gasteiger partial charge in [0.05, 0.1) is 29.0 Å². The van der Waals surface area contributed by atoms with Crippen LogP contribution in [0.2, 0.25) is 0 Å². The molecule has 0 bridgehead atoms. The second-order valence-corrected chi connectivity index (χ2v) is 7.18.